The highest BCUT2D eigenvalue weighted by Crippen LogP contribution is 2.28. The lowest BCUT2D eigenvalue weighted by Crippen LogP contribution is -2.14. The summed E-state index contributed by atoms with van der Waals surface area (Å²) in [6.07, 6.45) is 3.03. The lowest BCUT2D eigenvalue weighted by atomic mass is 10.4. The monoisotopic (exact) mass is 249 g/mol. The van der Waals surface area contributed by atoms with E-state index in [1.807, 2.05) is 13.8 Å². The Morgan fingerprint density at radius 2 is 2.06 bits per heavy atom. The normalized spacial score (nSPS) is 10.5. The fourth-order valence-corrected chi connectivity index (χ4v) is 2.04. The first-order valence-electron chi connectivity index (χ1n) is 4.85. The first kappa shape index (κ1) is 11.6. The molecule has 6 nitrogen and oxygen atoms in total. The number of hydrogen-bond acceptors (Lipinski definition) is 6. The van der Waals surface area contributed by atoms with Gasteiger partial charge in [0.25, 0.3) is 5.22 Å². The number of hydrogen-bond donors (Lipinski definition) is 2. The average molecular weight is 249 g/mol. The van der Waals surface area contributed by atoms with Crippen LogP contribution in [0, 0.1) is 19.3 Å². The van der Waals surface area contributed by atoms with E-state index in [1.54, 1.807) is 0 Å². The minimum absolute atomic E-state index is 0.124. The van der Waals surface area contributed by atoms with Crippen LogP contribution in [0.5, 0.6) is 0 Å². The number of aryl methyl sites for hydroxylation is 2. The van der Waals surface area contributed by atoms with Crippen molar-refractivity contribution in [3.8, 4) is 0 Å². The number of rotatable bonds is 3. The molecular weight excluding hydrogens is 238 g/mol. The van der Waals surface area contributed by atoms with Crippen molar-refractivity contribution in [2.24, 2.45) is 5.73 Å². The Hall–Kier alpha value is -1.89. The van der Waals surface area contributed by atoms with Gasteiger partial charge in [-0.1, -0.05) is 0 Å². The maximum atomic E-state index is 7.40. The number of aromatic nitrogens is 3. The molecule has 0 unspecified atom stereocenters. The number of nitrogens with one attached hydrogen (secondary N) is 1. The third-order valence-corrected chi connectivity index (χ3v) is 2.95. The van der Waals surface area contributed by atoms with Crippen LogP contribution in [0.1, 0.15) is 17.1 Å². The van der Waals surface area contributed by atoms with Crippen LogP contribution in [0.4, 0.5) is 0 Å². The molecule has 2 aromatic rings. The van der Waals surface area contributed by atoms with Gasteiger partial charge in [0.2, 0.25) is 0 Å². The van der Waals surface area contributed by atoms with E-state index >= 15 is 0 Å². The van der Waals surface area contributed by atoms with Crippen LogP contribution < -0.4 is 5.73 Å². The smallest absolute Gasteiger partial charge is 0.262 e. The van der Waals surface area contributed by atoms with Gasteiger partial charge in [0.15, 0.2) is 0 Å². The maximum Gasteiger partial charge on any atom is 0.262 e. The van der Waals surface area contributed by atoms with Gasteiger partial charge in [-0.3, -0.25) is 5.41 Å². The zero-order valence-electron chi connectivity index (χ0n) is 9.39. The van der Waals surface area contributed by atoms with Crippen molar-refractivity contribution >= 4 is 17.6 Å². The Labute approximate surface area is 102 Å². The molecule has 0 aliphatic rings. The second-order valence-corrected chi connectivity index (χ2v) is 4.29. The lowest BCUT2D eigenvalue weighted by Gasteiger charge is -2.01. The predicted molar refractivity (Wildman–Crippen MR) is 63.1 cm³/mol. The van der Waals surface area contributed by atoms with E-state index in [0.717, 1.165) is 11.5 Å². The summed E-state index contributed by atoms with van der Waals surface area (Å²) in [5.41, 5.74) is 6.59. The fraction of sp³-hybridized carbons (Fsp3) is 0.200. The molecule has 88 valence electrons. The van der Waals surface area contributed by atoms with Crippen molar-refractivity contribution in [3.05, 3.63) is 29.5 Å². The van der Waals surface area contributed by atoms with Gasteiger partial charge in [0.05, 0.1) is 5.69 Å². The van der Waals surface area contributed by atoms with Crippen molar-refractivity contribution < 1.29 is 4.42 Å². The van der Waals surface area contributed by atoms with Gasteiger partial charge in [0, 0.05) is 12.4 Å². The Bertz CT molecular complexity index is 546. The van der Waals surface area contributed by atoms with Gasteiger partial charge >= 0.3 is 0 Å². The van der Waals surface area contributed by atoms with E-state index in [2.05, 4.69) is 15.0 Å². The van der Waals surface area contributed by atoms with Crippen LogP contribution in [-0.4, -0.2) is 20.8 Å². The molecule has 0 amide bonds. The summed E-state index contributed by atoms with van der Waals surface area (Å²) >= 11 is 1.21. The summed E-state index contributed by atoms with van der Waals surface area (Å²) in [7, 11) is 0. The summed E-state index contributed by atoms with van der Waals surface area (Å²) in [4.78, 5) is 12.3. The minimum Gasteiger partial charge on any atom is -0.436 e. The molecule has 17 heavy (non-hydrogen) atoms. The summed E-state index contributed by atoms with van der Waals surface area (Å²) in [5, 5.41) is 8.39. The number of nitrogens with two attached hydrogens (primary N) is 1. The Balaban J connectivity index is 2.33. The third kappa shape index (κ3) is 2.44. The first-order chi connectivity index (χ1) is 8.08. The Morgan fingerprint density at radius 1 is 1.35 bits per heavy atom. The molecular formula is C10H11N5OS. The van der Waals surface area contributed by atoms with Gasteiger partial charge in [-0.25, -0.2) is 15.0 Å². The topological polar surface area (TPSA) is 102 Å². The van der Waals surface area contributed by atoms with Gasteiger partial charge in [0.1, 0.15) is 22.3 Å². The molecule has 3 N–H and O–H groups in total. The van der Waals surface area contributed by atoms with Crippen molar-refractivity contribution in [3.63, 3.8) is 0 Å². The molecule has 0 fully saturated rings. The average Bonchev–Trinajstić information content (AvgIpc) is 2.58. The highest BCUT2D eigenvalue weighted by Gasteiger charge is 2.13. The molecule has 0 spiro atoms. The van der Waals surface area contributed by atoms with Crippen molar-refractivity contribution in [2.75, 3.05) is 0 Å². The number of nitrogen functional groups attached to an aromatic ring is 1. The minimum atomic E-state index is -0.124. The van der Waals surface area contributed by atoms with Crippen molar-refractivity contribution in [2.45, 2.75) is 24.1 Å². The van der Waals surface area contributed by atoms with E-state index in [0.29, 0.717) is 15.9 Å². The molecule has 0 aromatic carbocycles. The van der Waals surface area contributed by atoms with Crippen LogP contribution >= 0.6 is 11.8 Å². The van der Waals surface area contributed by atoms with Crippen LogP contribution in [0.2, 0.25) is 0 Å². The second-order valence-electron chi connectivity index (χ2n) is 3.35. The SMILES string of the molecule is Cc1nc(Sc2nccnc2C(=N)N)oc1C. The summed E-state index contributed by atoms with van der Waals surface area (Å²) in [6, 6.07) is 0. The van der Waals surface area contributed by atoms with Crippen molar-refractivity contribution in [1.29, 1.82) is 5.41 Å². The standard InChI is InChI=1S/C10H11N5OS/c1-5-6(2)16-10(15-5)17-9-7(8(11)12)13-3-4-14-9/h3-4H,1-2H3,(H3,11,12). The number of oxazole rings is 1. The Kier molecular flexibility index (Phi) is 3.10. The van der Waals surface area contributed by atoms with Crippen molar-refractivity contribution in [1.82, 2.24) is 15.0 Å². The molecule has 2 rings (SSSR count). The van der Waals surface area contributed by atoms with E-state index in [4.69, 9.17) is 15.6 Å². The van der Waals surface area contributed by atoms with Gasteiger partial charge in [-0.05, 0) is 25.6 Å². The summed E-state index contributed by atoms with van der Waals surface area (Å²) < 4.78 is 5.43. The zero-order chi connectivity index (χ0) is 12.4. The lowest BCUT2D eigenvalue weighted by molar-refractivity contribution is 0.431. The molecule has 0 saturated carbocycles. The van der Waals surface area contributed by atoms with Gasteiger partial charge in [-0.2, -0.15) is 0 Å². The molecule has 2 heterocycles. The molecule has 7 heteroatoms. The largest absolute Gasteiger partial charge is 0.436 e. The zero-order valence-corrected chi connectivity index (χ0v) is 10.2. The number of nitrogens with zero attached hydrogens (tertiary/aromatic N) is 3. The van der Waals surface area contributed by atoms with Gasteiger partial charge < -0.3 is 10.2 Å². The van der Waals surface area contributed by atoms with Gasteiger partial charge in [-0.15, -0.1) is 0 Å². The van der Waals surface area contributed by atoms with E-state index in [-0.39, 0.29) is 5.84 Å². The maximum absolute atomic E-state index is 7.40. The van der Waals surface area contributed by atoms with Crippen LogP contribution in [-0.2, 0) is 0 Å². The molecule has 0 saturated heterocycles. The van der Waals surface area contributed by atoms with Crippen LogP contribution in [0.25, 0.3) is 0 Å². The van der Waals surface area contributed by atoms with Crippen LogP contribution in [0.15, 0.2) is 27.1 Å². The predicted octanol–water partition coefficient (Wildman–Crippen LogP) is 1.52. The van der Waals surface area contributed by atoms with E-state index in [1.165, 1.54) is 24.2 Å². The molecule has 0 atom stereocenters. The molecule has 0 aliphatic carbocycles. The number of amidine groups is 1. The molecule has 0 radical (unpaired) electrons. The fourth-order valence-electron chi connectivity index (χ4n) is 1.15. The highest BCUT2D eigenvalue weighted by atomic mass is 32.2. The second kappa shape index (κ2) is 4.54. The summed E-state index contributed by atoms with van der Waals surface area (Å²) in [5.74, 6) is 0.640. The highest BCUT2D eigenvalue weighted by molar-refractivity contribution is 7.99. The quantitative estimate of drug-likeness (QED) is 0.631. The third-order valence-electron chi connectivity index (χ3n) is 2.11. The summed E-state index contributed by atoms with van der Waals surface area (Å²) in [6.45, 7) is 3.71. The molecule has 2 aromatic heterocycles. The van der Waals surface area contributed by atoms with Crippen LogP contribution in [0.3, 0.4) is 0 Å². The van der Waals surface area contributed by atoms with E-state index in [9.17, 15) is 0 Å². The Morgan fingerprint density at radius 3 is 2.65 bits per heavy atom. The molecule has 0 aliphatic heterocycles. The first-order valence-corrected chi connectivity index (χ1v) is 5.67. The molecule has 0 bridgehead atoms. The van der Waals surface area contributed by atoms with E-state index < -0.39 is 0 Å².